The molecule has 1 aromatic rings. The topological polar surface area (TPSA) is 102 Å². The van der Waals surface area contributed by atoms with Gasteiger partial charge in [0.05, 0.1) is 0 Å². The highest BCUT2D eigenvalue weighted by molar-refractivity contribution is 5.82. The zero-order valence-corrected chi connectivity index (χ0v) is 7.56. The SMILES string of the molecule is NC1(Cc2nc(C(=O)O)no2)CCC1. The number of aromatic carboxylic acids is 1. The fourth-order valence-corrected chi connectivity index (χ4v) is 1.52. The number of hydrogen-bond acceptors (Lipinski definition) is 5. The number of nitrogens with two attached hydrogens (primary N) is 1. The molecule has 0 unspecified atom stereocenters. The molecule has 0 radical (unpaired) electrons. The van der Waals surface area contributed by atoms with Gasteiger partial charge in [0.2, 0.25) is 5.89 Å². The predicted molar refractivity (Wildman–Crippen MR) is 45.7 cm³/mol. The molecule has 0 saturated heterocycles. The zero-order valence-electron chi connectivity index (χ0n) is 7.56. The lowest BCUT2D eigenvalue weighted by molar-refractivity contribution is 0.0680. The van der Waals surface area contributed by atoms with Gasteiger partial charge < -0.3 is 15.4 Å². The van der Waals surface area contributed by atoms with Gasteiger partial charge in [0, 0.05) is 12.0 Å². The fourth-order valence-electron chi connectivity index (χ4n) is 1.52. The standard InChI is InChI=1S/C8H11N3O3/c9-8(2-1-3-8)4-5-10-6(7(12)13)11-14-5/h1-4,9H2,(H,12,13). The third-order valence-corrected chi connectivity index (χ3v) is 2.51. The van der Waals surface area contributed by atoms with Crippen LogP contribution in [0.4, 0.5) is 0 Å². The Morgan fingerprint density at radius 2 is 2.36 bits per heavy atom. The maximum atomic E-state index is 10.4. The average molecular weight is 197 g/mol. The van der Waals surface area contributed by atoms with Crippen LogP contribution < -0.4 is 5.73 Å². The zero-order chi connectivity index (χ0) is 10.2. The quantitative estimate of drug-likeness (QED) is 0.717. The van der Waals surface area contributed by atoms with Crippen molar-refractivity contribution in [2.75, 3.05) is 0 Å². The van der Waals surface area contributed by atoms with E-state index in [0.717, 1.165) is 19.3 Å². The molecule has 2 rings (SSSR count). The molecule has 1 aliphatic carbocycles. The Morgan fingerprint density at radius 1 is 1.64 bits per heavy atom. The van der Waals surface area contributed by atoms with E-state index in [1.165, 1.54) is 0 Å². The number of carbonyl (C=O) groups is 1. The van der Waals surface area contributed by atoms with Gasteiger partial charge in [-0.1, -0.05) is 0 Å². The number of carboxylic acid groups (broad SMARTS) is 1. The Bertz CT molecular complexity index is 356. The van der Waals surface area contributed by atoms with Crippen LogP contribution in [0.5, 0.6) is 0 Å². The Labute approximate surface area is 80.1 Å². The summed E-state index contributed by atoms with van der Waals surface area (Å²) in [5, 5.41) is 11.9. The second-order valence-electron chi connectivity index (χ2n) is 3.71. The van der Waals surface area contributed by atoms with Gasteiger partial charge in [-0.05, 0) is 24.4 Å². The van der Waals surface area contributed by atoms with Gasteiger partial charge in [0.15, 0.2) is 0 Å². The molecule has 0 aliphatic heterocycles. The van der Waals surface area contributed by atoms with Gasteiger partial charge >= 0.3 is 5.97 Å². The van der Waals surface area contributed by atoms with Crippen LogP contribution in [0, 0.1) is 0 Å². The number of nitrogens with zero attached hydrogens (tertiary/aromatic N) is 2. The molecular weight excluding hydrogens is 186 g/mol. The monoisotopic (exact) mass is 197 g/mol. The van der Waals surface area contributed by atoms with E-state index >= 15 is 0 Å². The first-order valence-corrected chi connectivity index (χ1v) is 4.44. The molecule has 1 saturated carbocycles. The number of carboxylic acids is 1. The molecule has 1 fully saturated rings. The number of rotatable bonds is 3. The average Bonchev–Trinajstić information content (AvgIpc) is 2.50. The molecule has 1 aliphatic rings. The second kappa shape index (κ2) is 3.06. The van der Waals surface area contributed by atoms with Gasteiger partial charge in [0.1, 0.15) is 0 Å². The Kier molecular flexibility index (Phi) is 1.99. The van der Waals surface area contributed by atoms with E-state index in [2.05, 4.69) is 10.1 Å². The van der Waals surface area contributed by atoms with Crippen molar-refractivity contribution in [3.05, 3.63) is 11.7 Å². The lowest BCUT2D eigenvalue weighted by Crippen LogP contribution is -2.48. The molecule has 6 nitrogen and oxygen atoms in total. The van der Waals surface area contributed by atoms with Crippen molar-refractivity contribution in [3.8, 4) is 0 Å². The molecule has 0 amide bonds. The first-order valence-electron chi connectivity index (χ1n) is 4.44. The van der Waals surface area contributed by atoms with E-state index in [4.69, 9.17) is 15.4 Å². The van der Waals surface area contributed by atoms with Crippen molar-refractivity contribution in [1.82, 2.24) is 10.1 Å². The third-order valence-electron chi connectivity index (χ3n) is 2.51. The summed E-state index contributed by atoms with van der Waals surface area (Å²) in [7, 11) is 0. The van der Waals surface area contributed by atoms with E-state index in [-0.39, 0.29) is 11.4 Å². The summed E-state index contributed by atoms with van der Waals surface area (Å²) in [6.45, 7) is 0. The summed E-state index contributed by atoms with van der Waals surface area (Å²) < 4.78 is 4.78. The molecule has 0 bridgehead atoms. The van der Waals surface area contributed by atoms with Crippen molar-refractivity contribution >= 4 is 5.97 Å². The van der Waals surface area contributed by atoms with Crippen LogP contribution in [0.3, 0.4) is 0 Å². The highest BCUT2D eigenvalue weighted by Crippen LogP contribution is 2.31. The van der Waals surface area contributed by atoms with Crippen LogP contribution in [-0.4, -0.2) is 26.8 Å². The number of aromatic nitrogens is 2. The van der Waals surface area contributed by atoms with Crippen LogP contribution in [0.15, 0.2) is 4.52 Å². The number of hydrogen-bond donors (Lipinski definition) is 2. The van der Waals surface area contributed by atoms with Crippen LogP contribution in [0.1, 0.15) is 35.8 Å². The molecule has 0 aromatic carbocycles. The van der Waals surface area contributed by atoms with Gasteiger partial charge in [-0.3, -0.25) is 0 Å². The molecule has 14 heavy (non-hydrogen) atoms. The van der Waals surface area contributed by atoms with Crippen LogP contribution in [-0.2, 0) is 6.42 Å². The lowest BCUT2D eigenvalue weighted by atomic mass is 9.75. The molecule has 76 valence electrons. The van der Waals surface area contributed by atoms with Gasteiger partial charge in [-0.15, -0.1) is 0 Å². The van der Waals surface area contributed by atoms with E-state index in [0.29, 0.717) is 12.3 Å². The first-order chi connectivity index (χ1) is 6.59. The normalized spacial score (nSPS) is 18.9. The van der Waals surface area contributed by atoms with Crippen molar-refractivity contribution in [2.24, 2.45) is 5.73 Å². The second-order valence-corrected chi connectivity index (χ2v) is 3.71. The third kappa shape index (κ3) is 1.60. The van der Waals surface area contributed by atoms with E-state index in [9.17, 15) is 4.79 Å². The minimum absolute atomic E-state index is 0.262. The predicted octanol–water partition coefficient (Wildman–Crippen LogP) is 0.192. The highest BCUT2D eigenvalue weighted by atomic mass is 16.5. The van der Waals surface area contributed by atoms with Gasteiger partial charge in [-0.25, -0.2) is 4.79 Å². The summed E-state index contributed by atoms with van der Waals surface area (Å²) >= 11 is 0. The molecule has 1 heterocycles. The summed E-state index contributed by atoms with van der Waals surface area (Å²) in [5.41, 5.74) is 5.68. The van der Waals surface area contributed by atoms with Crippen molar-refractivity contribution < 1.29 is 14.4 Å². The summed E-state index contributed by atoms with van der Waals surface area (Å²) in [5.74, 6) is -1.17. The maximum absolute atomic E-state index is 10.4. The van der Waals surface area contributed by atoms with Crippen LogP contribution in [0.2, 0.25) is 0 Å². The first kappa shape index (κ1) is 9.14. The largest absolute Gasteiger partial charge is 0.475 e. The van der Waals surface area contributed by atoms with Crippen molar-refractivity contribution in [2.45, 2.75) is 31.2 Å². The molecule has 6 heteroatoms. The summed E-state index contributed by atoms with van der Waals surface area (Å²) in [4.78, 5) is 14.2. The van der Waals surface area contributed by atoms with E-state index in [1.807, 2.05) is 0 Å². The molecular formula is C8H11N3O3. The Hall–Kier alpha value is -1.43. The lowest BCUT2D eigenvalue weighted by Gasteiger charge is -2.36. The highest BCUT2D eigenvalue weighted by Gasteiger charge is 2.34. The minimum atomic E-state index is -1.18. The van der Waals surface area contributed by atoms with E-state index < -0.39 is 5.97 Å². The van der Waals surface area contributed by atoms with Crippen molar-refractivity contribution in [3.63, 3.8) is 0 Å². The summed E-state index contributed by atoms with van der Waals surface area (Å²) in [6.07, 6.45) is 3.43. The molecule has 0 atom stereocenters. The van der Waals surface area contributed by atoms with Crippen LogP contribution >= 0.6 is 0 Å². The Morgan fingerprint density at radius 3 is 2.79 bits per heavy atom. The minimum Gasteiger partial charge on any atom is -0.475 e. The summed E-state index contributed by atoms with van der Waals surface area (Å²) in [6, 6.07) is 0. The molecule has 0 spiro atoms. The van der Waals surface area contributed by atoms with Gasteiger partial charge in [-0.2, -0.15) is 4.98 Å². The van der Waals surface area contributed by atoms with Gasteiger partial charge in [0.25, 0.3) is 5.82 Å². The van der Waals surface area contributed by atoms with Crippen molar-refractivity contribution in [1.29, 1.82) is 0 Å². The Balaban J connectivity index is 2.06. The van der Waals surface area contributed by atoms with Crippen LogP contribution in [0.25, 0.3) is 0 Å². The van der Waals surface area contributed by atoms with E-state index in [1.54, 1.807) is 0 Å². The maximum Gasteiger partial charge on any atom is 0.377 e. The molecule has 1 aromatic heterocycles. The smallest absolute Gasteiger partial charge is 0.377 e. The molecule has 3 N–H and O–H groups in total. The fraction of sp³-hybridized carbons (Fsp3) is 0.625.